The Kier molecular flexibility index (Phi) is 6.47. The summed E-state index contributed by atoms with van der Waals surface area (Å²) in [7, 11) is 0. The highest BCUT2D eigenvalue weighted by atomic mass is 32.1. The maximum atomic E-state index is 11.6. The molecule has 6 nitrogen and oxygen atoms in total. The molecule has 2 aromatic heterocycles. The minimum atomic E-state index is -0.627. The van der Waals surface area contributed by atoms with E-state index in [1.807, 2.05) is 24.3 Å². The Morgan fingerprint density at radius 1 is 0.968 bits per heavy atom. The van der Waals surface area contributed by atoms with Gasteiger partial charge in [0.15, 0.2) is 5.69 Å². The number of carbonyl (C=O) groups excluding carboxylic acids is 1. The Balaban J connectivity index is 1.41. The standard InChI is InChI=1S/C24H23N5OS/c25-12-20-23(24(26)30)29-21(15-28-20)19-4-1-3-17(11-19)14-27-13-16-6-8-18(9-7-16)22-5-2-10-31-22/h1-11,15,27H,12-14,25H2,(H2,26,30). The van der Waals surface area contributed by atoms with Gasteiger partial charge in [-0.1, -0.05) is 48.5 Å². The average Bonchev–Trinajstić information content (AvgIpc) is 3.34. The number of nitrogens with zero attached hydrogens (tertiary/aromatic N) is 2. The molecule has 0 radical (unpaired) electrons. The summed E-state index contributed by atoms with van der Waals surface area (Å²) >= 11 is 1.74. The number of primary amides is 1. The lowest BCUT2D eigenvalue weighted by atomic mass is 10.1. The highest BCUT2D eigenvalue weighted by molar-refractivity contribution is 7.13. The molecule has 4 aromatic rings. The summed E-state index contributed by atoms with van der Waals surface area (Å²) in [6.07, 6.45) is 1.62. The van der Waals surface area contributed by atoms with Crippen molar-refractivity contribution in [1.82, 2.24) is 15.3 Å². The first-order valence-corrected chi connectivity index (χ1v) is 10.8. The zero-order valence-corrected chi connectivity index (χ0v) is 17.7. The van der Waals surface area contributed by atoms with E-state index in [2.05, 4.69) is 57.1 Å². The molecule has 0 spiro atoms. The number of benzene rings is 2. The molecule has 1 amide bonds. The van der Waals surface area contributed by atoms with Crippen LogP contribution in [0.4, 0.5) is 0 Å². The Morgan fingerprint density at radius 3 is 2.48 bits per heavy atom. The molecule has 0 unspecified atom stereocenters. The molecule has 0 saturated heterocycles. The number of nitrogens with two attached hydrogens (primary N) is 2. The first-order chi connectivity index (χ1) is 15.1. The van der Waals surface area contributed by atoms with Crippen molar-refractivity contribution in [2.24, 2.45) is 11.5 Å². The number of carbonyl (C=O) groups is 1. The summed E-state index contributed by atoms with van der Waals surface area (Å²) in [6, 6.07) is 20.8. The maximum absolute atomic E-state index is 11.6. The van der Waals surface area contributed by atoms with Crippen LogP contribution in [0.15, 0.2) is 72.2 Å². The van der Waals surface area contributed by atoms with Gasteiger partial charge in [0, 0.05) is 30.1 Å². The topological polar surface area (TPSA) is 107 Å². The Labute approximate surface area is 185 Å². The Bertz CT molecular complexity index is 1170. The number of thiophene rings is 1. The molecule has 31 heavy (non-hydrogen) atoms. The third-order valence-corrected chi connectivity index (χ3v) is 5.83. The van der Waals surface area contributed by atoms with Gasteiger partial charge in [-0.05, 0) is 34.2 Å². The van der Waals surface area contributed by atoms with Crippen LogP contribution in [0.1, 0.15) is 27.3 Å². The van der Waals surface area contributed by atoms with Gasteiger partial charge in [-0.25, -0.2) is 4.98 Å². The first kappa shape index (κ1) is 20.9. The van der Waals surface area contributed by atoms with Crippen LogP contribution in [0.25, 0.3) is 21.7 Å². The smallest absolute Gasteiger partial charge is 0.269 e. The zero-order valence-electron chi connectivity index (χ0n) is 16.9. The molecular weight excluding hydrogens is 406 g/mol. The van der Waals surface area contributed by atoms with Crippen molar-refractivity contribution in [3.05, 3.63) is 94.8 Å². The second-order valence-corrected chi connectivity index (χ2v) is 8.04. The van der Waals surface area contributed by atoms with E-state index in [0.717, 1.165) is 17.7 Å². The van der Waals surface area contributed by atoms with E-state index in [-0.39, 0.29) is 12.2 Å². The van der Waals surface area contributed by atoms with Crippen molar-refractivity contribution in [3.63, 3.8) is 0 Å². The van der Waals surface area contributed by atoms with Crippen molar-refractivity contribution >= 4 is 17.2 Å². The fraction of sp³-hybridized carbons (Fsp3) is 0.125. The Hall–Kier alpha value is -3.39. The van der Waals surface area contributed by atoms with Crippen molar-refractivity contribution in [2.75, 3.05) is 0 Å². The van der Waals surface area contributed by atoms with E-state index >= 15 is 0 Å². The Morgan fingerprint density at radius 2 is 1.77 bits per heavy atom. The van der Waals surface area contributed by atoms with Crippen LogP contribution < -0.4 is 16.8 Å². The van der Waals surface area contributed by atoms with Crippen LogP contribution in [-0.2, 0) is 19.6 Å². The number of amides is 1. The van der Waals surface area contributed by atoms with E-state index in [9.17, 15) is 4.79 Å². The summed E-state index contributed by atoms with van der Waals surface area (Å²) < 4.78 is 0. The molecule has 0 aliphatic heterocycles. The first-order valence-electron chi connectivity index (χ1n) is 9.92. The molecule has 0 saturated carbocycles. The summed E-state index contributed by atoms with van der Waals surface area (Å²) in [5.41, 5.74) is 16.6. The van der Waals surface area contributed by atoms with Crippen LogP contribution in [0.5, 0.6) is 0 Å². The number of rotatable bonds is 8. The van der Waals surface area contributed by atoms with E-state index in [1.54, 1.807) is 17.5 Å². The van der Waals surface area contributed by atoms with Gasteiger partial charge in [-0.3, -0.25) is 9.78 Å². The molecule has 7 heteroatoms. The fourth-order valence-corrected chi connectivity index (χ4v) is 4.05. The van der Waals surface area contributed by atoms with Crippen LogP contribution in [0, 0.1) is 0 Å². The van der Waals surface area contributed by atoms with Gasteiger partial charge in [0.1, 0.15) is 0 Å². The molecule has 0 fully saturated rings. The van der Waals surface area contributed by atoms with Crippen molar-refractivity contribution in [1.29, 1.82) is 0 Å². The molecular formula is C24H23N5OS. The van der Waals surface area contributed by atoms with E-state index in [1.165, 1.54) is 16.0 Å². The molecule has 156 valence electrons. The lowest BCUT2D eigenvalue weighted by Gasteiger charge is -2.09. The molecule has 2 aromatic carbocycles. The lowest BCUT2D eigenvalue weighted by Crippen LogP contribution is -2.19. The van der Waals surface area contributed by atoms with Crippen LogP contribution >= 0.6 is 11.3 Å². The number of hydrogen-bond acceptors (Lipinski definition) is 6. The second-order valence-electron chi connectivity index (χ2n) is 7.10. The van der Waals surface area contributed by atoms with Crippen molar-refractivity contribution in [3.8, 4) is 21.7 Å². The number of hydrogen-bond donors (Lipinski definition) is 3. The quantitative estimate of drug-likeness (QED) is 0.396. The zero-order chi connectivity index (χ0) is 21.6. The molecule has 0 atom stereocenters. The fourth-order valence-electron chi connectivity index (χ4n) is 3.32. The summed E-state index contributed by atoms with van der Waals surface area (Å²) in [6.45, 7) is 1.59. The summed E-state index contributed by atoms with van der Waals surface area (Å²) in [5.74, 6) is -0.627. The van der Waals surface area contributed by atoms with Gasteiger partial charge < -0.3 is 16.8 Å². The molecule has 4 rings (SSSR count). The van der Waals surface area contributed by atoms with Crippen molar-refractivity contribution < 1.29 is 4.79 Å². The monoisotopic (exact) mass is 429 g/mol. The van der Waals surface area contributed by atoms with E-state index in [4.69, 9.17) is 11.5 Å². The lowest BCUT2D eigenvalue weighted by molar-refractivity contribution is 0.0994. The van der Waals surface area contributed by atoms with Gasteiger partial charge in [0.25, 0.3) is 5.91 Å². The van der Waals surface area contributed by atoms with Gasteiger partial charge in [-0.15, -0.1) is 11.3 Å². The molecule has 0 aliphatic carbocycles. The van der Waals surface area contributed by atoms with Gasteiger partial charge in [-0.2, -0.15) is 0 Å². The number of aromatic nitrogens is 2. The predicted molar refractivity (Wildman–Crippen MR) is 124 cm³/mol. The average molecular weight is 430 g/mol. The highest BCUT2D eigenvalue weighted by Gasteiger charge is 2.13. The SMILES string of the molecule is NCc1ncc(-c2cccc(CNCc3ccc(-c4cccs4)cc3)c2)nc1C(N)=O. The third-order valence-electron chi connectivity index (χ3n) is 4.92. The van der Waals surface area contributed by atoms with Gasteiger partial charge >= 0.3 is 0 Å². The minimum Gasteiger partial charge on any atom is -0.364 e. The van der Waals surface area contributed by atoms with Crippen LogP contribution in [0.3, 0.4) is 0 Å². The molecule has 0 bridgehead atoms. The number of nitrogens with one attached hydrogen (secondary N) is 1. The van der Waals surface area contributed by atoms with Gasteiger partial charge in [0.05, 0.1) is 17.6 Å². The highest BCUT2D eigenvalue weighted by Crippen LogP contribution is 2.24. The maximum Gasteiger partial charge on any atom is 0.269 e. The minimum absolute atomic E-state index is 0.115. The predicted octanol–water partition coefficient (Wildman–Crippen LogP) is 3.72. The normalized spacial score (nSPS) is 10.9. The van der Waals surface area contributed by atoms with E-state index < -0.39 is 5.91 Å². The molecule has 0 aliphatic rings. The molecule has 2 heterocycles. The third kappa shape index (κ3) is 5.03. The molecule has 5 N–H and O–H groups in total. The van der Waals surface area contributed by atoms with Gasteiger partial charge in [0.2, 0.25) is 0 Å². The largest absolute Gasteiger partial charge is 0.364 e. The second kappa shape index (κ2) is 9.61. The summed E-state index contributed by atoms with van der Waals surface area (Å²) in [5, 5.41) is 5.56. The van der Waals surface area contributed by atoms with E-state index in [0.29, 0.717) is 17.9 Å². The van der Waals surface area contributed by atoms with Crippen LogP contribution in [-0.4, -0.2) is 15.9 Å². The van der Waals surface area contributed by atoms with Crippen LogP contribution in [0.2, 0.25) is 0 Å². The summed E-state index contributed by atoms with van der Waals surface area (Å²) in [4.78, 5) is 21.5. The van der Waals surface area contributed by atoms with Crippen molar-refractivity contribution in [2.45, 2.75) is 19.6 Å².